The topological polar surface area (TPSA) is 8.17 Å². The van der Waals surface area contributed by atoms with Crippen molar-refractivity contribution < 1.29 is 0 Å². The quantitative estimate of drug-likeness (QED) is 0.702. The monoisotopic (exact) mass is 380 g/mol. The summed E-state index contributed by atoms with van der Waals surface area (Å²) in [5, 5.41) is 3.25. The van der Waals surface area contributed by atoms with Crippen LogP contribution in [0.4, 0.5) is 0 Å². The first-order valence-electron chi connectivity index (χ1n) is 9.49. The Morgan fingerprint density at radius 3 is 2.44 bits per heavy atom. The van der Waals surface area contributed by atoms with Gasteiger partial charge in [0.1, 0.15) is 5.15 Å². The number of aromatic nitrogens is 1. The molecule has 0 saturated heterocycles. The molecule has 2 aromatic rings. The molecule has 3 rings (SSSR count). The van der Waals surface area contributed by atoms with Gasteiger partial charge in [-0.1, -0.05) is 59.7 Å². The molecule has 1 aromatic carbocycles. The van der Waals surface area contributed by atoms with Crippen LogP contribution in [-0.2, 0) is 6.54 Å². The second kappa shape index (κ2) is 7.82. The third-order valence-electron chi connectivity index (χ3n) is 5.33. The molecule has 0 amide bonds. The molecule has 1 aliphatic heterocycles. The predicted octanol–water partition coefficient (Wildman–Crippen LogP) is 4.63. The van der Waals surface area contributed by atoms with E-state index in [9.17, 15) is 0 Å². The molecule has 0 N–H and O–H groups in total. The van der Waals surface area contributed by atoms with Crippen LogP contribution in [0, 0.1) is 6.92 Å². The van der Waals surface area contributed by atoms with Crippen LogP contribution in [0.1, 0.15) is 38.3 Å². The third kappa shape index (κ3) is 3.91. The molecule has 0 radical (unpaired) electrons. The number of nitrogens with zero attached hydrogens (tertiary/aromatic N) is 2. The Hall–Kier alpha value is -2.19. The van der Waals surface area contributed by atoms with Gasteiger partial charge in [0.25, 0.3) is 0 Å². The number of hydrogen-bond donors (Lipinski definition) is 0. The third-order valence-corrected chi connectivity index (χ3v) is 5.64. The molecule has 1 aliphatic rings. The molecule has 0 atom stereocenters. The summed E-state index contributed by atoms with van der Waals surface area (Å²) in [5.74, 6) is 0. The number of fused-ring (bicyclic) bond motifs is 1. The lowest BCUT2D eigenvalue weighted by molar-refractivity contribution is 0.410. The fourth-order valence-corrected chi connectivity index (χ4v) is 3.97. The maximum absolute atomic E-state index is 6.65. The molecule has 0 spiro atoms. The number of hydrogen-bond acceptors (Lipinski definition) is 1. The van der Waals surface area contributed by atoms with Gasteiger partial charge in [-0.3, -0.25) is 0 Å². The highest BCUT2D eigenvalue weighted by molar-refractivity contribution is 6.29. The first kappa shape index (κ1) is 19.6. The van der Waals surface area contributed by atoms with E-state index in [4.69, 9.17) is 11.6 Å². The van der Waals surface area contributed by atoms with Crippen molar-refractivity contribution in [3.63, 3.8) is 0 Å². The zero-order chi connectivity index (χ0) is 19.7. The van der Waals surface area contributed by atoms with E-state index in [1.165, 1.54) is 44.1 Å². The average Bonchev–Trinajstić information content (AvgIpc) is 2.96. The normalized spacial score (nSPS) is 15.7. The van der Waals surface area contributed by atoms with Crippen LogP contribution in [0.15, 0.2) is 54.1 Å². The van der Waals surface area contributed by atoms with Gasteiger partial charge in [-0.25, -0.2) is 0 Å². The maximum Gasteiger partial charge on any atom is 0.110 e. The van der Waals surface area contributed by atoms with Crippen LogP contribution in [0.25, 0.3) is 11.3 Å². The van der Waals surface area contributed by atoms with E-state index in [1.807, 2.05) is 0 Å². The lowest BCUT2D eigenvalue weighted by atomic mass is 10.0. The number of allylic oxidation sites excluding steroid dienone is 2. The Morgan fingerprint density at radius 1 is 1.15 bits per heavy atom. The molecule has 0 bridgehead atoms. The van der Waals surface area contributed by atoms with Gasteiger partial charge in [-0.15, -0.1) is 0 Å². The second-order valence-electron chi connectivity index (χ2n) is 7.69. The molecule has 0 unspecified atom stereocenters. The van der Waals surface area contributed by atoms with E-state index >= 15 is 0 Å². The van der Waals surface area contributed by atoms with Crippen LogP contribution in [0.2, 0.25) is 5.15 Å². The number of aryl methyl sites for hydroxylation is 1. The van der Waals surface area contributed by atoms with Crippen LogP contribution < -0.4 is 10.6 Å². The lowest BCUT2D eigenvalue weighted by Gasteiger charge is -2.29. The predicted molar refractivity (Wildman–Crippen MR) is 117 cm³/mol. The van der Waals surface area contributed by atoms with E-state index in [1.54, 1.807) is 0 Å². The summed E-state index contributed by atoms with van der Waals surface area (Å²) in [6.07, 6.45) is 3.17. The molecule has 0 aliphatic carbocycles. The Balaban J connectivity index is 2.35. The smallest absolute Gasteiger partial charge is 0.110 e. The van der Waals surface area contributed by atoms with Crippen molar-refractivity contribution in [2.45, 2.75) is 40.7 Å². The van der Waals surface area contributed by atoms with Gasteiger partial charge in [-0.2, -0.15) is 0 Å². The first-order chi connectivity index (χ1) is 12.8. The van der Waals surface area contributed by atoms with Crippen molar-refractivity contribution in [3.8, 4) is 0 Å². The molecule has 1 aromatic heterocycles. The van der Waals surface area contributed by atoms with E-state index in [-0.39, 0.29) is 0 Å². The van der Waals surface area contributed by atoms with Crippen molar-refractivity contribution in [2.24, 2.45) is 0 Å². The molecule has 27 heavy (non-hydrogen) atoms. The van der Waals surface area contributed by atoms with Crippen LogP contribution in [0.5, 0.6) is 0 Å². The van der Waals surface area contributed by atoms with E-state index in [0.29, 0.717) is 0 Å². The van der Waals surface area contributed by atoms with E-state index in [2.05, 4.69) is 87.2 Å². The minimum atomic E-state index is 0.810. The van der Waals surface area contributed by atoms with Crippen molar-refractivity contribution >= 4 is 22.9 Å². The van der Waals surface area contributed by atoms with Gasteiger partial charge < -0.3 is 9.47 Å². The van der Waals surface area contributed by atoms with Crippen molar-refractivity contribution in [1.29, 1.82) is 0 Å². The fourth-order valence-electron chi connectivity index (χ4n) is 3.69. The average molecular weight is 381 g/mol. The van der Waals surface area contributed by atoms with Gasteiger partial charge in [-0.05, 0) is 56.9 Å². The Morgan fingerprint density at radius 2 is 1.81 bits per heavy atom. The van der Waals surface area contributed by atoms with Crippen molar-refractivity contribution in [1.82, 2.24) is 9.47 Å². The van der Waals surface area contributed by atoms with Gasteiger partial charge in [0.05, 0.1) is 11.0 Å². The van der Waals surface area contributed by atoms with Gasteiger partial charge in [0, 0.05) is 25.4 Å². The molecule has 2 heterocycles. The lowest BCUT2D eigenvalue weighted by Crippen LogP contribution is -2.44. The van der Waals surface area contributed by atoms with E-state index in [0.717, 1.165) is 24.7 Å². The molecular weight excluding hydrogens is 352 g/mol. The minimum Gasteiger partial charge on any atom is -0.371 e. The van der Waals surface area contributed by atoms with Crippen LogP contribution in [-0.4, -0.2) is 23.1 Å². The SMILES string of the molecule is C=C(C)C/C=C(\C)C1=c2/c(=C(\C)c3ccc(C)cc3)cc(Cl)n2CCN1C. The Labute approximate surface area is 167 Å². The first-order valence-corrected chi connectivity index (χ1v) is 9.87. The Kier molecular flexibility index (Phi) is 5.67. The van der Waals surface area contributed by atoms with Gasteiger partial charge >= 0.3 is 0 Å². The Bertz CT molecular complexity index is 1020. The zero-order valence-electron chi connectivity index (χ0n) is 17.1. The van der Waals surface area contributed by atoms with Gasteiger partial charge in [0.2, 0.25) is 0 Å². The summed E-state index contributed by atoms with van der Waals surface area (Å²) in [5.41, 5.74) is 7.47. The summed E-state index contributed by atoms with van der Waals surface area (Å²) in [7, 11) is 2.17. The fraction of sp³-hybridized carbons (Fsp3) is 0.333. The number of benzene rings is 1. The highest BCUT2D eigenvalue weighted by Gasteiger charge is 2.19. The highest BCUT2D eigenvalue weighted by Crippen LogP contribution is 2.20. The van der Waals surface area contributed by atoms with Crippen LogP contribution >= 0.6 is 11.6 Å². The zero-order valence-corrected chi connectivity index (χ0v) is 17.8. The molecular formula is C24H29ClN2. The summed E-state index contributed by atoms with van der Waals surface area (Å²) in [6.45, 7) is 14.5. The second-order valence-corrected chi connectivity index (χ2v) is 8.08. The van der Waals surface area contributed by atoms with Gasteiger partial charge in [0.15, 0.2) is 0 Å². The van der Waals surface area contributed by atoms with Crippen LogP contribution in [0.3, 0.4) is 0 Å². The summed E-state index contributed by atoms with van der Waals surface area (Å²) >= 11 is 6.65. The largest absolute Gasteiger partial charge is 0.371 e. The molecule has 0 saturated carbocycles. The minimum absolute atomic E-state index is 0.810. The number of likely N-dealkylation sites (N-methyl/N-ethyl adjacent to an activating group) is 1. The molecule has 142 valence electrons. The maximum atomic E-state index is 6.65. The summed E-state index contributed by atoms with van der Waals surface area (Å²) in [6, 6.07) is 10.8. The molecule has 2 nitrogen and oxygen atoms in total. The summed E-state index contributed by atoms with van der Waals surface area (Å²) < 4.78 is 2.25. The summed E-state index contributed by atoms with van der Waals surface area (Å²) in [4.78, 5) is 2.35. The number of halogens is 1. The van der Waals surface area contributed by atoms with Crippen molar-refractivity contribution in [2.75, 3.05) is 13.6 Å². The number of rotatable bonds is 4. The standard InChI is InChI=1S/C24H29ClN2/c1-16(2)7-10-18(4)23-24-21(15-22(25)27(24)14-13-26(23)6)19(5)20-11-8-17(3)9-12-20/h8-12,15H,1,7,13-14H2,2-6H3/b18-10+,21-19+. The molecule has 3 heteroatoms. The van der Waals surface area contributed by atoms with Crippen molar-refractivity contribution in [3.05, 3.63) is 81.0 Å². The molecule has 0 fully saturated rings. The van der Waals surface area contributed by atoms with E-state index < -0.39 is 0 Å². The highest BCUT2D eigenvalue weighted by atomic mass is 35.5.